The van der Waals surface area contributed by atoms with E-state index < -0.39 is 12.1 Å². The van der Waals surface area contributed by atoms with Crippen LogP contribution in [0.4, 0.5) is 0 Å². The van der Waals surface area contributed by atoms with Crippen LogP contribution in [0.25, 0.3) is 0 Å². The summed E-state index contributed by atoms with van der Waals surface area (Å²) in [5, 5.41) is 8.67. The molecule has 1 unspecified atom stereocenters. The monoisotopic (exact) mass is 188 g/mol. The highest BCUT2D eigenvalue weighted by molar-refractivity contribution is 5.72. The number of rotatable bonds is 8. The molecule has 0 rings (SSSR count). The van der Waals surface area contributed by atoms with Crippen molar-refractivity contribution in [2.75, 3.05) is 6.61 Å². The van der Waals surface area contributed by atoms with Crippen LogP contribution in [0.5, 0.6) is 0 Å². The van der Waals surface area contributed by atoms with Crippen molar-refractivity contribution in [1.82, 2.24) is 0 Å². The van der Waals surface area contributed by atoms with Gasteiger partial charge in [0.25, 0.3) is 0 Å². The molecule has 0 aromatic carbocycles. The summed E-state index contributed by atoms with van der Waals surface area (Å²) in [5.74, 6) is -0.923. The van der Waals surface area contributed by atoms with Crippen LogP contribution >= 0.6 is 0 Å². The standard InChI is InChI=1S/C9H16O4/c1-2-13-8(9(11)12)6-4-3-5-7-10/h7-8H,2-6H2,1H3,(H,11,12). The number of carbonyl (C=O) groups is 2. The Balaban J connectivity index is 3.56. The molecule has 76 valence electrons. The van der Waals surface area contributed by atoms with Gasteiger partial charge in [-0.25, -0.2) is 4.79 Å². The van der Waals surface area contributed by atoms with Gasteiger partial charge < -0.3 is 14.6 Å². The Labute approximate surface area is 77.9 Å². The number of hydrogen-bond acceptors (Lipinski definition) is 3. The number of unbranched alkanes of at least 4 members (excludes halogenated alkanes) is 2. The van der Waals surface area contributed by atoms with Crippen LogP contribution in [0.1, 0.15) is 32.6 Å². The van der Waals surface area contributed by atoms with Gasteiger partial charge in [0.1, 0.15) is 6.29 Å². The molecule has 0 aliphatic rings. The molecule has 0 bridgehead atoms. The third kappa shape index (κ3) is 6.28. The normalized spacial score (nSPS) is 12.4. The maximum Gasteiger partial charge on any atom is 0.332 e. The zero-order valence-corrected chi connectivity index (χ0v) is 7.86. The van der Waals surface area contributed by atoms with E-state index in [1.54, 1.807) is 6.92 Å². The minimum Gasteiger partial charge on any atom is -0.479 e. The van der Waals surface area contributed by atoms with Crippen LogP contribution < -0.4 is 0 Å². The largest absolute Gasteiger partial charge is 0.479 e. The van der Waals surface area contributed by atoms with Gasteiger partial charge >= 0.3 is 5.97 Å². The molecular formula is C9H16O4. The Morgan fingerprint density at radius 2 is 2.23 bits per heavy atom. The third-order valence-corrected chi connectivity index (χ3v) is 1.68. The van der Waals surface area contributed by atoms with Crippen molar-refractivity contribution in [2.45, 2.75) is 38.7 Å². The van der Waals surface area contributed by atoms with Crippen LogP contribution in [0.3, 0.4) is 0 Å². The zero-order chi connectivity index (χ0) is 10.1. The summed E-state index contributed by atoms with van der Waals surface area (Å²) in [4.78, 5) is 20.5. The molecule has 0 aromatic rings. The predicted molar refractivity (Wildman–Crippen MR) is 47.6 cm³/mol. The molecule has 13 heavy (non-hydrogen) atoms. The number of aliphatic carboxylic acids is 1. The lowest BCUT2D eigenvalue weighted by atomic mass is 10.1. The molecule has 0 aromatic heterocycles. The molecule has 0 radical (unpaired) electrons. The number of carbonyl (C=O) groups excluding carboxylic acids is 1. The van der Waals surface area contributed by atoms with E-state index in [0.717, 1.165) is 19.1 Å². The summed E-state index contributed by atoms with van der Waals surface area (Å²) in [6.45, 7) is 2.17. The topological polar surface area (TPSA) is 63.6 Å². The first-order chi connectivity index (χ1) is 6.22. The second-order valence-corrected chi connectivity index (χ2v) is 2.73. The van der Waals surface area contributed by atoms with Gasteiger partial charge in [0.2, 0.25) is 0 Å². The number of hydrogen-bond donors (Lipinski definition) is 1. The highest BCUT2D eigenvalue weighted by atomic mass is 16.5. The Hall–Kier alpha value is -0.900. The summed E-state index contributed by atoms with van der Waals surface area (Å²) >= 11 is 0. The fourth-order valence-electron chi connectivity index (χ4n) is 1.04. The van der Waals surface area contributed by atoms with Crippen molar-refractivity contribution in [3.05, 3.63) is 0 Å². The maximum absolute atomic E-state index is 10.6. The zero-order valence-electron chi connectivity index (χ0n) is 7.86. The summed E-state index contributed by atoms with van der Waals surface area (Å²) in [6.07, 6.45) is 2.57. The van der Waals surface area contributed by atoms with Gasteiger partial charge in [-0.1, -0.05) is 0 Å². The number of carboxylic acid groups (broad SMARTS) is 1. The van der Waals surface area contributed by atoms with Crippen molar-refractivity contribution in [1.29, 1.82) is 0 Å². The molecule has 0 aliphatic carbocycles. The molecular weight excluding hydrogens is 172 g/mol. The van der Waals surface area contributed by atoms with E-state index in [0.29, 0.717) is 19.4 Å². The summed E-state index contributed by atoms with van der Waals surface area (Å²) in [5.41, 5.74) is 0. The minimum atomic E-state index is -0.923. The Morgan fingerprint density at radius 1 is 1.54 bits per heavy atom. The van der Waals surface area contributed by atoms with Gasteiger partial charge in [0.15, 0.2) is 6.10 Å². The molecule has 4 heteroatoms. The van der Waals surface area contributed by atoms with E-state index in [4.69, 9.17) is 9.84 Å². The molecule has 0 fully saturated rings. The lowest BCUT2D eigenvalue weighted by Gasteiger charge is -2.10. The van der Waals surface area contributed by atoms with Crippen LogP contribution in [0.15, 0.2) is 0 Å². The predicted octanol–water partition coefficient (Wildman–Crippen LogP) is 1.24. The van der Waals surface area contributed by atoms with Crippen LogP contribution in [0.2, 0.25) is 0 Å². The van der Waals surface area contributed by atoms with Crippen molar-refractivity contribution in [3.8, 4) is 0 Å². The average Bonchev–Trinajstić information content (AvgIpc) is 2.10. The highest BCUT2D eigenvalue weighted by Gasteiger charge is 2.15. The SMILES string of the molecule is CCOC(CCCCC=O)C(=O)O. The van der Waals surface area contributed by atoms with E-state index >= 15 is 0 Å². The lowest BCUT2D eigenvalue weighted by Crippen LogP contribution is -2.23. The van der Waals surface area contributed by atoms with Gasteiger partial charge in [-0.15, -0.1) is 0 Å². The minimum absolute atomic E-state index is 0.407. The van der Waals surface area contributed by atoms with Gasteiger partial charge in [0.05, 0.1) is 0 Å². The summed E-state index contributed by atoms with van der Waals surface area (Å²) in [6, 6.07) is 0. The molecule has 0 heterocycles. The smallest absolute Gasteiger partial charge is 0.332 e. The molecule has 1 atom stereocenters. The first-order valence-electron chi connectivity index (χ1n) is 4.50. The van der Waals surface area contributed by atoms with E-state index in [-0.39, 0.29) is 0 Å². The summed E-state index contributed by atoms with van der Waals surface area (Å²) in [7, 11) is 0. The molecule has 0 spiro atoms. The van der Waals surface area contributed by atoms with Gasteiger partial charge in [-0.2, -0.15) is 0 Å². The first-order valence-corrected chi connectivity index (χ1v) is 4.50. The van der Waals surface area contributed by atoms with Gasteiger partial charge in [-0.05, 0) is 26.2 Å². The first kappa shape index (κ1) is 12.1. The molecule has 0 aliphatic heterocycles. The Morgan fingerprint density at radius 3 is 2.69 bits per heavy atom. The van der Waals surface area contributed by atoms with Crippen LogP contribution in [-0.4, -0.2) is 30.1 Å². The van der Waals surface area contributed by atoms with E-state index in [2.05, 4.69) is 0 Å². The lowest BCUT2D eigenvalue weighted by molar-refractivity contribution is -0.150. The number of ether oxygens (including phenoxy) is 1. The van der Waals surface area contributed by atoms with E-state index in [1.165, 1.54) is 0 Å². The molecule has 4 nitrogen and oxygen atoms in total. The van der Waals surface area contributed by atoms with Crippen molar-refractivity contribution in [3.63, 3.8) is 0 Å². The summed E-state index contributed by atoms with van der Waals surface area (Å²) < 4.78 is 5.00. The fourth-order valence-corrected chi connectivity index (χ4v) is 1.04. The third-order valence-electron chi connectivity index (χ3n) is 1.68. The van der Waals surface area contributed by atoms with Crippen molar-refractivity contribution in [2.24, 2.45) is 0 Å². The second kappa shape index (κ2) is 7.73. The molecule has 0 amide bonds. The average molecular weight is 188 g/mol. The van der Waals surface area contributed by atoms with Crippen molar-refractivity contribution < 1.29 is 19.4 Å². The van der Waals surface area contributed by atoms with Crippen LogP contribution in [-0.2, 0) is 14.3 Å². The van der Waals surface area contributed by atoms with Gasteiger partial charge in [0, 0.05) is 13.0 Å². The molecule has 1 N–H and O–H groups in total. The Bertz CT molecular complexity index is 156. The number of aldehydes is 1. The van der Waals surface area contributed by atoms with Gasteiger partial charge in [-0.3, -0.25) is 0 Å². The number of carboxylic acids is 1. The molecule has 0 saturated carbocycles. The highest BCUT2D eigenvalue weighted by Crippen LogP contribution is 2.06. The fraction of sp³-hybridized carbons (Fsp3) is 0.778. The van der Waals surface area contributed by atoms with Crippen LogP contribution in [0, 0.1) is 0 Å². The molecule has 0 saturated heterocycles. The quantitative estimate of drug-likeness (QED) is 0.459. The van der Waals surface area contributed by atoms with E-state index in [9.17, 15) is 9.59 Å². The second-order valence-electron chi connectivity index (χ2n) is 2.73. The maximum atomic E-state index is 10.6. The van der Waals surface area contributed by atoms with E-state index in [1.807, 2.05) is 0 Å². The van der Waals surface area contributed by atoms with Crippen molar-refractivity contribution >= 4 is 12.3 Å². The Kier molecular flexibility index (Phi) is 7.20.